The van der Waals surface area contributed by atoms with Gasteiger partial charge in [0.15, 0.2) is 9.84 Å². The summed E-state index contributed by atoms with van der Waals surface area (Å²) < 4.78 is 26.9. The van der Waals surface area contributed by atoms with Crippen LogP contribution in [0, 0.1) is 5.92 Å². The Hall–Kier alpha value is -2.91. The van der Waals surface area contributed by atoms with Gasteiger partial charge in [0.05, 0.1) is 10.6 Å². The van der Waals surface area contributed by atoms with Crippen LogP contribution in [-0.2, 0) is 20.0 Å². The van der Waals surface area contributed by atoms with Crippen molar-refractivity contribution in [2.24, 2.45) is 5.92 Å². The van der Waals surface area contributed by atoms with Gasteiger partial charge >= 0.3 is 0 Å². The van der Waals surface area contributed by atoms with E-state index in [-0.39, 0.29) is 46.7 Å². The zero-order valence-electron chi connectivity index (χ0n) is 25.1. The highest BCUT2D eigenvalue weighted by Crippen LogP contribution is 2.36. The molecule has 1 saturated heterocycles. The molecule has 224 valence electrons. The summed E-state index contributed by atoms with van der Waals surface area (Å²) in [6, 6.07) is 13.0. The summed E-state index contributed by atoms with van der Waals surface area (Å²) in [5.74, 6) is -0.622. The molecule has 4 rings (SSSR count). The average Bonchev–Trinajstić information content (AvgIpc) is 3.27. The lowest BCUT2D eigenvalue weighted by molar-refractivity contribution is -0.133. The molecule has 0 aromatic heterocycles. The lowest BCUT2D eigenvalue weighted by atomic mass is 9.81. The lowest BCUT2D eigenvalue weighted by Crippen LogP contribution is -2.53. The van der Waals surface area contributed by atoms with Crippen LogP contribution < -0.4 is 5.32 Å². The van der Waals surface area contributed by atoms with E-state index in [0.29, 0.717) is 41.5 Å². The second-order valence-corrected chi connectivity index (χ2v) is 15.0. The van der Waals surface area contributed by atoms with Crippen molar-refractivity contribution in [3.05, 3.63) is 59.7 Å². The predicted octanol–water partition coefficient (Wildman–Crippen LogP) is 4.37. The number of rotatable bonds is 8. The minimum Gasteiger partial charge on any atom is -0.508 e. The van der Waals surface area contributed by atoms with E-state index in [1.807, 2.05) is 25.7 Å². The first-order valence-corrected chi connectivity index (χ1v) is 16.3. The fourth-order valence-corrected chi connectivity index (χ4v) is 7.98. The number of carbonyl (C=O) groups is 2. The highest BCUT2D eigenvalue weighted by molar-refractivity contribution is 7.91. The summed E-state index contributed by atoms with van der Waals surface area (Å²) in [6.45, 7) is 10.6. The number of phenolic OH excluding ortho intramolecular Hbond substituents is 1. The minimum absolute atomic E-state index is 0.0198. The SMILES string of the molecule is CC(C)N(C)[C@@H]1CC[C@H](N2CCC(NC(=O)c3ccc(O)c(C(C)(C)C)c3)C2=O)[C@H](CS(=O)(=O)c2ccccc2)C1. The van der Waals surface area contributed by atoms with E-state index in [1.165, 1.54) is 6.07 Å². The van der Waals surface area contributed by atoms with Crippen molar-refractivity contribution in [1.82, 2.24) is 15.1 Å². The molecule has 1 aliphatic carbocycles. The second-order valence-electron chi connectivity index (χ2n) is 13.0. The van der Waals surface area contributed by atoms with Crippen molar-refractivity contribution in [2.45, 2.75) is 94.8 Å². The maximum atomic E-state index is 13.7. The molecule has 1 aliphatic heterocycles. The molecule has 0 radical (unpaired) electrons. The van der Waals surface area contributed by atoms with Gasteiger partial charge in [0, 0.05) is 35.8 Å². The van der Waals surface area contributed by atoms with E-state index in [0.717, 1.165) is 12.8 Å². The number of aromatic hydroxyl groups is 1. The van der Waals surface area contributed by atoms with Gasteiger partial charge in [-0.1, -0.05) is 39.0 Å². The third kappa shape index (κ3) is 6.95. The maximum absolute atomic E-state index is 13.7. The number of hydrogen-bond donors (Lipinski definition) is 2. The number of likely N-dealkylation sites (tertiary alicyclic amines) is 1. The van der Waals surface area contributed by atoms with Crippen molar-refractivity contribution >= 4 is 21.7 Å². The molecule has 2 aromatic carbocycles. The molecule has 0 bridgehead atoms. The first kappa shape index (κ1) is 31.0. The van der Waals surface area contributed by atoms with Crippen LogP contribution in [0.3, 0.4) is 0 Å². The van der Waals surface area contributed by atoms with Crippen molar-refractivity contribution in [3.8, 4) is 5.75 Å². The highest BCUT2D eigenvalue weighted by atomic mass is 32.2. The van der Waals surface area contributed by atoms with E-state index in [1.54, 1.807) is 42.5 Å². The van der Waals surface area contributed by atoms with Crippen molar-refractivity contribution in [3.63, 3.8) is 0 Å². The van der Waals surface area contributed by atoms with Gasteiger partial charge < -0.3 is 20.2 Å². The van der Waals surface area contributed by atoms with E-state index < -0.39 is 15.9 Å². The monoisotopic (exact) mass is 583 g/mol. The quantitative estimate of drug-likeness (QED) is 0.478. The molecule has 1 heterocycles. The van der Waals surface area contributed by atoms with Gasteiger partial charge in [0.1, 0.15) is 11.8 Å². The number of carbonyl (C=O) groups excluding carboxylic acids is 2. The van der Waals surface area contributed by atoms with Gasteiger partial charge in [-0.15, -0.1) is 0 Å². The standard InChI is InChI=1S/C32H45N3O5S/c1-21(2)34(6)24-13-14-28(23(18-24)20-41(39,40)25-10-8-7-9-11-25)35-17-16-27(31(35)38)33-30(37)22-12-15-29(36)26(19-22)32(3,4)5/h7-12,15,19,21,23-24,27-28,36H,13-14,16-18,20H2,1-6H3,(H,33,37)/t23-,24+,27?,28-/m0/s1. The van der Waals surface area contributed by atoms with Gasteiger partial charge in [-0.05, 0) is 88.2 Å². The van der Waals surface area contributed by atoms with Crippen molar-refractivity contribution in [2.75, 3.05) is 19.3 Å². The number of nitrogens with zero attached hydrogens (tertiary/aromatic N) is 2. The normalized spacial score (nSPS) is 23.8. The summed E-state index contributed by atoms with van der Waals surface area (Å²) in [5, 5.41) is 13.2. The summed E-state index contributed by atoms with van der Waals surface area (Å²) in [5.41, 5.74) is 0.705. The predicted molar refractivity (Wildman–Crippen MR) is 161 cm³/mol. The maximum Gasteiger partial charge on any atom is 0.251 e. The Kier molecular flexibility index (Phi) is 9.19. The largest absolute Gasteiger partial charge is 0.508 e. The fraction of sp³-hybridized carbons (Fsp3) is 0.562. The molecular weight excluding hydrogens is 538 g/mol. The number of benzene rings is 2. The molecule has 41 heavy (non-hydrogen) atoms. The van der Waals surface area contributed by atoms with Crippen LogP contribution in [-0.4, -0.2) is 78.7 Å². The first-order valence-electron chi connectivity index (χ1n) is 14.6. The molecule has 2 aromatic rings. The third-order valence-electron chi connectivity index (χ3n) is 8.85. The first-order chi connectivity index (χ1) is 19.2. The number of phenols is 1. The number of amides is 2. The molecule has 4 atom stereocenters. The Balaban J connectivity index is 1.52. The molecular formula is C32H45N3O5S. The molecule has 2 aliphatic rings. The smallest absolute Gasteiger partial charge is 0.251 e. The van der Waals surface area contributed by atoms with E-state index in [4.69, 9.17) is 0 Å². The summed E-state index contributed by atoms with van der Waals surface area (Å²) >= 11 is 0. The molecule has 2 N–H and O–H groups in total. The number of nitrogens with one attached hydrogen (secondary N) is 1. The minimum atomic E-state index is -3.54. The van der Waals surface area contributed by atoms with E-state index in [2.05, 4.69) is 31.1 Å². The average molecular weight is 584 g/mol. The summed E-state index contributed by atoms with van der Waals surface area (Å²) in [7, 11) is -1.46. The lowest BCUT2D eigenvalue weighted by Gasteiger charge is -2.44. The molecule has 9 heteroatoms. The van der Waals surface area contributed by atoms with Crippen LogP contribution in [0.5, 0.6) is 5.75 Å². The van der Waals surface area contributed by atoms with E-state index in [9.17, 15) is 23.1 Å². The number of hydrogen-bond acceptors (Lipinski definition) is 6. The molecule has 1 unspecified atom stereocenters. The molecule has 0 spiro atoms. The Morgan fingerprint density at radius 1 is 1.10 bits per heavy atom. The van der Waals surface area contributed by atoms with Gasteiger partial charge in [-0.3, -0.25) is 9.59 Å². The zero-order valence-corrected chi connectivity index (χ0v) is 25.9. The van der Waals surface area contributed by atoms with Crippen molar-refractivity contribution < 1.29 is 23.1 Å². The van der Waals surface area contributed by atoms with Gasteiger partial charge in [-0.2, -0.15) is 0 Å². The van der Waals surface area contributed by atoms with Gasteiger partial charge in [0.25, 0.3) is 5.91 Å². The zero-order chi connectivity index (χ0) is 30.1. The van der Waals surface area contributed by atoms with E-state index >= 15 is 0 Å². The molecule has 2 fully saturated rings. The van der Waals surface area contributed by atoms with Crippen molar-refractivity contribution in [1.29, 1.82) is 0 Å². The van der Waals surface area contributed by atoms with Crippen LogP contribution in [0.1, 0.15) is 76.2 Å². The van der Waals surface area contributed by atoms with Crippen LogP contribution in [0.4, 0.5) is 0 Å². The molecule has 2 amide bonds. The van der Waals surface area contributed by atoms with Crippen LogP contribution in [0.2, 0.25) is 0 Å². The Bertz CT molecular complexity index is 1350. The molecule has 1 saturated carbocycles. The summed E-state index contributed by atoms with van der Waals surface area (Å²) in [6.07, 6.45) is 2.76. The van der Waals surface area contributed by atoms with Gasteiger partial charge in [-0.25, -0.2) is 8.42 Å². The van der Waals surface area contributed by atoms with Crippen LogP contribution in [0.25, 0.3) is 0 Å². The molecule has 8 nitrogen and oxygen atoms in total. The Morgan fingerprint density at radius 3 is 2.41 bits per heavy atom. The van der Waals surface area contributed by atoms with Crippen LogP contribution >= 0.6 is 0 Å². The topological polar surface area (TPSA) is 107 Å². The summed E-state index contributed by atoms with van der Waals surface area (Å²) in [4.78, 5) is 31.3. The second kappa shape index (κ2) is 12.1. The Morgan fingerprint density at radius 2 is 1.78 bits per heavy atom. The highest BCUT2D eigenvalue weighted by Gasteiger charge is 2.44. The van der Waals surface area contributed by atoms with Crippen LogP contribution in [0.15, 0.2) is 53.4 Å². The van der Waals surface area contributed by atoms with Gasteiger partial charge in [0.2, 0.25) is 5.91 Å². The third-order valence-corrected chi connectivity index (χ3v) is 10.7. The number of sulfone groups is 1. The fourth-order valence-electron chi connectivity index (χ4n) is 6.29. The Labute approximate surface area is 245 Å².